The van der Waals surface area contributed by atoms with Crippen molar-refractivity contribution < 1.29 is 0 Å². The van der Waals surface area contributed by atoms with E-state index >= 15 is 0 Å². The van der Waals surface area contributed by atoms with Gasteiger partial charge in [0.2, 0.25) is 0 Å². The van der Waals surface area contributed by atoms with E-state index < -0.39 is 0 Å². The van der Waals surface area contributed by atoms with Crippen LogP contribution >= 0.6 is 0 Å². The summed E-state index contributed by atoms with van der Waals surface area (Å²) in [7, 11) is 0. The molecule has 0 aromatic heterocycles. The van der Waals surface area contributed by atoms with E-state index in [1.165, 1.54) is 25.8 Å². The molecule has 3 rings (SSSR count). The maximum absolute atomic E-state index is 8.46. The van der Waals surface area contributed by atoms with Gasteiger partial charge < -0.3 is 0 Å². The number of hydrogen-bond donors (Lipinski definition) is 0. The van der Waals surface area contributed by atoms with Gasteiger partial charge >= 0.3 is 0 Å². The van der Waals surface area contributed by atoms with E-state index in [4.69, 9.17) is 5.26 Å². The minimum Gasteiger partial charge on any atom is -0.288 e. The molecule has 2 saturated heterocycles. The molecule has 2 aliphatic heterocycles. The van der Waals surface area contributed by atoms with Gasteiger partial charge in [0.05, 0.1) is 12.6 Å². The van der Waals surface area contributed by atoms with Crippen molar-refractivity contribution >= 4 is 0 Å². The van der Waals surface area contributed by atoms with Gasteiger partial charge in [-0.05, 0) is 31.7 Å². The van der Waals surface area contributed by atoms with Crippen LogP contribution in [0.3, 0.4) is 0 Å². The molecule has 1 saturated carbocycles. The van der Waals surface area contributed by atoms with Crippen molar-refractivity contribution in [1.29, 1.82) is 5.26 Å². The molecule has 1 aliphatic carbocycles. The maximum Gasteiger partial charge on any atom is 0.0868 e. The molecule has 54 valence electrons. The summed E-state index contributed by atoms with van der Waals surface area (Å²) in [5.74, 6) is 1.01. The van der Waals surface area contributed by atoms with Gasteiger partial charge in [-0.3, -0.25) is 4.90 Å². The summed E-state index contributed by atoms with van der Waals surface area (Å²) in [4.78, 5) is 2.32. The predicted molar refractivity (Wildman–Crippen MR) is 38.3 cm³/mol. The lowest BCUT2D eigenvalue weighted by Gasteiger charge is -2.48. The third-order valence-electron chi connectivity index (χ3n) is 2.83. The number of nitriles is 1. The molecule has 2 heteroatoms. The van der Waals surface area contributed by atoms with E-state index in [0.717, 1.165) is 12.0 Å². The van der Waals surface area contributed by atoms with Crippen LogP contribution in [0.4, 0.5) is 0 Å². The second-order valence-corrected chi connectivity index (χ2v) is 3.41. The molecule has 0 spiro atoms. The van der Waals surface area contributed by atoms with E-state index in [2.05, 4.69) is 11.0 Å². The summed E-state index contributed by atoms with van der Waals surface area (Å²) < 4.78 is 0. The number of fused-ring (bicyclic) bond motifs is 2. The normalized spacial score (nSPS) is 38.3. The molecule has 0 atom stereocenters. The summed E-state index contributed by atoms with van der Waals surface area (Å²) in [6, 6.07) is 2.99. The molecule has 3 fully saturated rings. The van der Waals surface area contributed by atoms with Gasteiger partial charge in [-0.1, -0.05) is 0 Å². The fourth-order valence-corrected chi connectivity index (χ4v) is 2.06. The average Bonchev–Trinajstić information content (AvgIpc) is 1.87. The highest BCUT2D eigenvalue weighted by molar-refractivity contribution is 4.95. The van der Waals surface area contributed by atoms with Crippen LogP contribution in [-0.2, 0) is 0 Å². The molecule has 2 bridgehead atoms. The predicted octanol–water partition coefficient (Wildman–Crippen LogP) is 0.994. The van der Waals surface area contributed by atoms with Gasteiger partial charge in [0.25, 0.3) is 0 Å². The molecule has 0 unspecified atom stereocenters. The van der Waals surface area contributed by atoms with Crippen molar-refractivity contribution in [2.45, 2.75) is 25.3 Å². The molecule has 0 aromatic carbocycles. The first-order chi connectivity index (χ1) is 4.90. The molecule has 10 heavy (non-hydrogen) atoms. The first-order valence-corrected chi connectivity index (χ1v) is 4.01. The van der Waals surface area contributed by atoms with Gasteiger partial charge in [0, 0.05) is 6.04 Å². The maximum atomic E-state index is 8.46. The highest BCUT2D eigenvalue weighted by Crippen LogP contribution is 2.38. The fourth-order valence-electron chi connectivity index (χ4n) is 2.06. The van der Waals surface area contributed by atoms with E-state index in [0.29, 0.717) is 6.54 Å². The van der Waals surface area contributed by atoms with Crippen molar-refractivity contribution in [3.8, 4) is 6.07 Å². The number of piperidine rings is 2. The zero-order chi connectivity index (χ0) is 6.97. The van der Waals surface area contributed by atoms with Gasteiger partial charge in [-0.15, -0.1) is 0 Å². The van der Waals surface area contributed by atoms with E-state index in [9.17, 15) is 0 Å². The highest BCUT2D eigenvalue weighted by atomic mass is 15.2. The largest absolute Gasteiger partial charge is 0.288 e. The Morgan fingerprint density at radius 3 is 2.80 bits per heavy atom. The van der Waals surface area contributed by atoms with Crippen LogP contribution in [-0.4, -0.2) is 24.0 Å². The highest BCUT2D eigenvalue weighted by Gasteiger charge is 2.37. The minimum absolute atomic E-state index is 0.650. The van der Waals surface area contributed by atoms with Crippen molar-refractivity contribution in [3.63, 3.8) is 0 Å². The van der Waals surface area contributed by atoms with E-state index in [1.807, 2.05) is 0 Å². The van der Waals surface area contributed by atoms with Gasteiger partial charge in [0.1, 0.15) is 0 Å². The lowest BCUT2D eigenvalue weighted by molar-refractivity contribution is 0.0246. The van der Waals surface area contributed by atoms with Crippen molar-refractivity contribution in [3.05, 3.63) is 0 Å². The van der Waals surface area contributed by atoms with Gasteiger partial charge in [-0.25, -0.2) is 0 Å². The molecule has 0 amide bonds. The molecular formula is C8H12N2. The quantitative estimate of drug-likeness (QED) is 0.503. The number of rotatable bonds is 1. The first-order valence-electron chi connectivity index (χ1n) is 4.01. The van der Waals surface area contributed by atoms with Crippen molar-refractivity contribution in [2.75, 3.05) is 13.1 Å². The number of nitrogens with zero attached hydrogens (tertiary/aromatic N) is 2. The van der Waals surface area contributed by atoms with Crippen LogP contribution < -0.4 is 0 Å². The van der Waals surface area contributed by atoms with Crippen LogP contribution in [0.1, 0.15) is 19.3 Å². The van der Waals surface area contributed by atoms with Gasteiger partial charge in [-0.2, -0.15) is 5.26 Å². The molecule has 0 aromatic rings. The second-order valence-electron chi connectivity index (χ2n) is 3.41. The van der Waals surface area contributed by atoms with Crippen LogP contribution in [0.2, 0.25) is 0 Å². The average molecular weight is 136 g/mol. The summed E-state index contributed by atoms with van der Waals surface area (Å²) in [6.07, 6.45) is 4.06. The Balaban J connectivity index is 1.91. The van der Waals surface area contributed by atoms with Crippen LogP contribution in [0.5, 0.6) is 0 Å². The molecule has 2 nitrogen and oxygen atoms in total. The lowest BCUT2D eigenvalue weighted by Crippen LogP contribution is -2.51. The zero-order valence-electron chi connectivity index (χ0n) is 6.08. The SMILES string of the molecule is N#CCN1CCC2CC1C2. The molecule has 3 aliphatic rings. The number of hydrogen-bond acceptors (Lipinski definition) is 2. The lowest BCUT2D eigenvalue weighted by atomic mass is 9.73. The molecule has 0 radical (unpaired) electrons. The third-order valence-corrected chi connectivity index (χ3v) is 2.83. The van der Waals surface area contributed by atoms with Gasteiger partial charge in [0.15, 0.2) is 0 Å². The fraction of sp³-hybridized carbons (Fsp3) is 0.875. The smallest absolute Gasteiger partial charge is 0.0868 e. The zero-order valence-corrected chi connectivity index (χ0v) is 6.08. The second kappa shape index (κ2) is 2.25. The summed E-state index contributed by atoms with van der Waals surface area (Å²) in [5, 5.41) is 8.46. The monoisotopic (exact) mass is 136 g/mol. The minimum atomic E-state index is 0.650. The Labute approximate surface area is 61.4 Å². The topological polar surface area (TPSA) is 27.0 Å². The van der Waals surface area contributed by atoms with Crippen molar-refractivity contribution in [2.24, 2.45) is 5.92 Å². The van der Waals surface area contributed by atoms with E-state index in [-0.39, 0.29) is 0 Å². The van der Waals surface area contributed by atoms with Crippen LogP contribution in [0.15, 0.2) is 0 Å². The molecular weight excluding hydrogens is 124 g/mol. The van der Waals surface area contributed by atoms with Crippen LogP contribution in [0.25, 0.3) is 0 Å². The van der Waals surface area contributed by atoms with Crippen LogP contribution in [0, 0.1) is 17.2 Å². The molecule has 0 N–H and O–H groups in total. The summed E-state index contributed by atoms with van der Waals surface area (Å²) >= 11 is 0. The Hall–Kier alpha value is -0.550. The standard InChI is InChI=1S/C8H12N2/c9-2-4-10-3-1-7-5-8(10)6-7/h7-8H,1,3-6H2. The Bertz CT molecular complexity index is 162. The molecule has 2 heterocycles. The van der Waals surface area contributed by atoms with E-state index in [1.54, 1.807) is 0 Å². The summed E-state index contributed by atoms with van der Waals surface area (Å²) in [5.41, 5.74) is 0. The third kappa shape index (κ3) is 0.819. The Morgan fingerprint density at radius 2 is 2.30 bits per heavy atom. The first kappa shape index (κ1) is 6.18. The Morgan fingerprint density at radius 1 is 1.50 bits per heavy atom. The Kier molecular flexibility index (Phi) is 1.39. The van der Waals surface area contributed by atoms with Crippen molar-refractivity contribution in [1.82, 2.24) is 4.90 Å². The summed E-state index contributed by atoms with van der Waals surface area (Å²) in [6.45, 7) is 1.82.